The first-order valence-corrected chi connectivity index (χ1v) is 6.13. The summed E-state index contributed by atoms with van der Waals surface area (Å²) in [5.74, 6) is 0.645. The maximum Gasteiger partial charge on any atom is 0.273 e. The standard InChI is InChI=1S/C13H16N2O4/c1-9(16)4-2-6-14-13(17)10-8-12(19-15-10)11-5-3-7-18-11/h3,5,7-9,16H,2,4,6H2,1H3,(H,14,17). The highest BCUT2D eigenvalue weighted by Crippen LogP contribution is 2.20. The van der Waals surface area contributed by atoms with Crippen LogP contribution >= 0.6 is 0 Å². The summed E-state index contributed by atoms with van der Waals surface area (Å²) in [4.78, 5) is 11.7. The van der Waals surface area contributed by atoms with E-state index in [0.717, 1.165) is 0 Å². The average molecular weight is 264 g/mol. The van der Waals surface area contributed by atoms with E-state index in [1.807, 2.05) is 0 Å². The number of nitrogens with one attached hydrogen (secondary N) is 1. The van der Waals surface area contributed by atoms with Gasteiger partial charge in [0.25, 0.3) is 5.91 Å². The first-order valence-electron chi connectivity index (χ1n) is 6.13. The van der Waals surface area contributed by atoms with Crippen molar-refractivity contribution in [1.82, 2.24) is 10.5 Å². The summed E-state index contributed by atoms with van der Waals surface area (Å²) in [7, 11) is 0. The van der Waals surface area contributed by atoms with Gasteiger partial charge in [-0.2, -0.15) is 0 Å². The molecule has 1 unspecified atom stereocenters. The van der Waals surface area contributed by atoms with Gasteiger partial charge in [0.05, 0.1) is 12.4 Å². The van der Waals surface area contributed by atoms with E-state index in [0.29, 0.717) is 30.9 Å². The molecule has 6 nitrogen and oxygen atoms in total. The van der Waals surface area contributed by atoms with Gasteiger partial charge >= 0.3 is 0 Å². The molecule has 102 valence electrons. The van der Waals surface area contributed by atoms with E-state index < -0.39 is 0 Å². The van der Waals surface area contributed by atoms with Crippen LogP contribution in [0, 0.1) is 0 Å². The third-order valence-electron chi connectivity index (χ3n) is 2.59. The summed E-state index contributed by atoms with van der Waals surface area (Å²) in [5.41, 5.74) is 0.212. The number of carbonyl (C=O) groups excluding carboxylic acids is 1. The molecule has 1 amide bonds. The average Bonchev–Trinajstić information content (AvgIpc) is 3.03. The van der Waals surface area contributed by atoms with Gasteiger partial charge < -0.3 is 19.4 Å². The van der Waals surface area contributed by atoms with Crippen molar-refractivity contribution in [3.8, 4) is 11.5 Å². The Morgan fingerprint density at radius 1 is 1.53 bits per heavy atom. The van der Waals surface area contributed by atoms with Crippen molar-refractivity contribution in [3.05, 3.63) is 30.2 Å². The predicted molar refractivity (Wildman–Crippen MR) is 67.5 cm³/mol. The van der Waals surface area contributed by atoms with Crippen molar-refractivity contribution < 1.29 is 18.8 Å². The summed E-state index contributed by atoms with van der Waals surface area (Å²) in [5, 5.41) is 15.5. The fourth-order valence-electron chi connectivity index (χ4n) is 1.61. The fraction of sp³-hybridized carbons (Fsp3) is 0.385. The van der Waals surface area contributed by atoms with E-state index >= 15 is 0 Å². The largest absolute Gasteiger partial charge is 0.461 e. The number of hydrogen-bond donors (Lipinski definition) is 2. The van der Waals surface area contributed by atoms with Crippen LogP contribution in [0.5, 0.6) is 0 Å². The van der Waals surface area contributed by atoms with Crippen molar-refractivity contribution in [2.75, 3.05) is 6.54 Å². The Bertz CT molecular complexity index is 516. The van der Waals surface area contributed by atoms with Gasteiger partial charge in [-0.1, -0.05) is 5.16 Å². The van der Waals surface area contributed by atoms with E-state index in [1.54, 1.807) is 19.1 Å². The Morgan fingerprint density at radius 3 is 3.05 bits per heavy atom. The predicted octanol–water partition coefficient (Wildman–Crippen LogP) is 1.83. The molecule has 19 heavy (non-hydrogen) atoms. The number of rotatable bonds is 6. The second-order valence-corrected chi connectivity index (χ2v) is 4.30. The first-order chi connectivity index (χ1) is 9.16. The number of amides is 1. The van der Waals surface area contributed by atoms with E-state index in [-0.39, 0.29) is 17.7 Å². The molecular formula is C13H16N2O4. The topological polar surface area (TPSA) is 88.5 Å². The summed E-state index contributed by atoms with van der Waals surface area (Å²) in [6.45, 7) is 2.21. The van der Waals surface area contributed by atoms with E-state index in [2.05, 4.69) is 10.5 Å². The highest BCUT2D eigenvalue weighted by Gasteiger charge is 2.14. The van der Waals surface area contributed by atoms with Gasteiger partial charge in [-0.25, -0.2) is 0 Å². The Morgan fingerprint density at radius 2 is 2.37 bits per heavy atom. The zero-order valence-corrected chi connectivity index (χ0v) is 10.6. The Balaban J connectivity index is 1.86. The molecule has 0 radical (unpaired) electrons. The molecule has 2 rings (SSSR count). The minimum atomic E-state index is -0.352. The molecule has 0 aliphatic rings. The van der Waals surface area contributed by atoms with Crippen molar-refractivity contribution in [2.45, 2.75) is 25.9 Å². The number of carbonyl (C=O) groups is 1. The summed E-state index contributed by atoms with van der Waals surface area (Å²) < 4.78 is 10.2. The second kappa shape index (κ2) is 6.19. The zero-order valence-electron chi connectivity index (χ0n) is 10.6. The van der Waals surface area contributed by atoms with Gasteiger partial charge in [0.2, 0.25) is 5.76 Å². The lowest BCUT2D eigenvalue weighted by Gasteiger charge is -2.04. The van der Waals surface area contributed by atoms with Crippen LogP contribution in [0.25, 0.3) is 11.5 Å². The second-order valence-electron chi connectivity index (χ2n) is 4.30. The van der Waals surface area contributed by atoms with Crippen LogP contribution in [0.4, 0.5) is 0 Å². The lowest BCUT2D eigenvalue weighted by Crippen LogP contribution is -2.25. The molecule has 1 atom stereocenters. The fourth-order valence-corrected chi connectivity index (χ4v) is 1.61. The van der Waals surface area contributed by atoms with Crippen molar-refractivity contribution >= 4 is 5.91 Å². The van der Waals surface area contributed by atoms with Crippen molar-refractivity contribution in [2.24, 2.45) is 0 Å². The minimum absolute atomic E-state index is 0.212. The molecule has 0 saturated carbocycles. The molecule has 0 bridgehead atoms. The van der Waals surface area contributed by atoms with Crippen LogP contribution in [-0.2, 0) is 0 Å². The molecule has 0 aromatic carbocycles. The summed E-state index contributed by atoms with van der Waals surface area (Å²) in [6, 6.07) is 4.99. The molecule has 0 aliphatic carbocycles. The number of hydrogen-bond acceptors (Lipinski definition) is 5. The van der Waals surface area contributed by atoms with Crippen molar-refractivity contribution in [1.29, 1.82) is 0 Å². The molecular weight excluding hydrogens is 248 g/mol. The summed E-state index contributed by atoms with van der Waals surface area (Å²) in [6.07, 6.45) is 2.53. The van der Waals surface area contributed by atoms with Crippen LogP contribution < -0.4 is 5.32 Å². The molecule has 2 aromatic rings. The first kappa shape index (κ1) is 13.4. The molecule has 0 fully saturated rings. The van der Waals surface area contributed by atoms with Crippen molar-refractivity contribution in [3.63, 3.8) is 0 Å². The van der Waals surface area contributed by atoms with Crippen LogP contribution in [-0.4, -0.2) is 28.8 Å². The lowest BCUT2D eigenvalue weighted by atomic mass is 10.2. The SMILES string of the molecule is CC(O)CCCNC(=O)c1cc(-c2ccco2)on1. The van der Waals surface area contributed by atoms with E-state index in [9.17, 15) is 4.79 Å². The van der Waals surface area contributed by atoms with E-state index in [1.165, 1.54) is 12.3 Å². The lowest BCUT2D eigenvalue weighted by molar-refractivity contribution is 0.0940. The molecule has 0 aliphatic heterocycles. The Labute approximate surface area is 110 Å². The molecule has 6 heteroatoms. The normalized spacial score (nSPS) is 12.3. The maximum absolute atomic E-state index is 11.7. The summed E-state index contributed by atoms with van der Waals surface area (Å²) >= 11 is 0. The third kappa shape index (κ3) is 3.69. The van der Waals surface area contributed by atoms with Crippen LogP contribution in [0.3, 0.4) is 0 Å². The van der Waals surface area contributed by atoms with Gasteiger partial charge in [-0.15, -0.1) is 0 Å². The van der Waals surface area contributed by atoms with Crippen LogP contribution in [0.15, 0.2) is 33.4 Å². The van der Waals surface area contributed by atoms with Gasteiger partial charge in [0.15, 0.2) is 11.5 Å². The maximum atomic E-state index is 11.7. The quantitative estimate of drug-likeness (QED) is 0.777. The van der Waals surface area contributed by atoms with Gasteiger partial charge in [0, 0.05) is 12.6 Å². The number of aliphatic hydroxyl groups excluding tert-OH is 1. The number of furan rings is 1. The van der Waals surface area contributed by atoms with Gasteiger partial charge in [0.1, 0.15) is 0 Å². The highest BCUT2D eigenvalue weighted by molar-refractivity contribution is 5.92. The highest BCUT2D eigenvalue weighted by atomic mass is 16.5. The van der Waals surface area contributed by atoms with Gasteiger partial charge in [-0.3, -0.25) is 4.79 Å². The number of nitrogens with zero attached hydrogens (tertiary/aromatic N) is 1. The molecule has 2 N–H and O–H groups in total. The zero-order chi connectivity index (χ0) is 13.7. The smallest absolute Gasteiger partial charge is 0.273 e. The molecule has 0 spiro atoms. The van der Waals surface area contributed by atoms with Crippen LogP contribution in [0.1, 0.15) is 30.3 Å². The molecule has 0 saturated heterocycles. The molecule has 2 aromatic heterocycles. The number of aromatic nitrogens is 1. The Kier molecular flexibility index (Phi) is 4.35. The monoisotopic (exact) mass is 264 g/mol. The minimum Gasteiger partial charge on any atom is -0.461 e. The third-order valence-corrected chi connectivity index (χ3v) is 2.59. The number of aliphatic hydroxyl groups is 1. The van der Waals surface area contributed by atoms with E-state index in [4.69, 9.17) is 14.0 Å². The Hall–Kier alpha value is -2.08. The molecule has 2 heterocycles. The van der Waals surface area contributed by atoms with Gasteiger partial charge in [-0.05, 0) is 31.9 Å². The van der Waals surface area contributed by atoms with Crippen LogP contribution in [0.2, 0.25) is 0 Å².